The maximum Gasteiger partial charge on any atom is 0.138 e. The van der Waals surface area contributed by atoms with E-state index in [1.54, 1.807) is 0 Å². The van der Waals surface area contributed by atoms with Crippen molar-refractivity contribution in [2.45, 2.75) is 31.9 Å². The molecule has 16 heavy (non-hydrogen) atoms. The average Bonchev–Trinajstić information content (AvgIpc) is 2.66. The highest BCUT2D eigenvalue weighted by Crippen LogP contribution is 2.19. The number of halogens is 1. The van der Waals surface area contributed by atoms with Crippen molar-refractivity contribution in [3.63, 3.8) is 0 Å². The number of rotatable bonds is 4. The summed E-state index contributed by atoms with van der Waals surface area (Å²) in [5.74, 6) is 0. The molecule has 1 fully saturated rings. The Balaban J connectivity index is 1.79. The first-order valence-electron chi connectivity index (χ1n) is 5.52. The number of likely N-dealkylation sites (N-methyl/N-ethyl adjacent to an activating group) is 1. The molecule has 1 atom stereocenters. The van der Waals surface area contributed by atoms with Crippen molar-refractivity contribution < 1.29 is 4.74 Å². The fourth-order valence-corrected chi connectivity index (χ4v) is 2.52. The molecule has 1 saturated heterocycles. The predicted molar refractivity (Wildman–Crippen MR) is 64.8 cm³/mol. The van der Waals surface area contributed by atoms with E-state index < -0.39 is 0 Å². The maximum atomic E-state index is 5.96. The van der Waals surface area contributed by atoms with Crippen molar-refractivity contribution in [2.75, 3.05) is 20.2 Å². The van der Waals surface area contributed by atoms with E-state index in [9.17, 15) is 0 Å². The van der Waals surface area contributed by atoms with Crippen LogP contribution in [0.3, 0.4) is 0 Å². The molecule has 2 heterocycles. The second-order valence-corrected chi connectivity index (χ2v) is 5.53. The quantitative estimate of drug-likeness (QED) is 0.833. The van der Waals surface area contributed by atoms with Crippen LogP contribution in [0.25, 0.3) is 0 Å². The SMILES string of the molecule is CN(Cc1nnsc1Cl)CC1CCCCO1. The Morgan fingerprint density at radius 1 is 1.56 bits per heavy atom. The maximum absolute atomic E-state index is 5.96. The van der Waals surface area contributed by atoms with Gasteiger partial charge in [0, 0.05) is 31.2 Å². The Labute approximate surface area is 105 Å². The van der Waals surface area contributed by atoms with Gasteiger partial charge in [-0.05, 0) is 26.3 Å². The van der Waals surface area contributed by atoms with Crippen molar-refractivity contribution >= 4 is 23.1 Å². The molecule has 2 rings (SSSR count). The highest BCUT2D eigenvalue weighted by Gasteiger charge is 2.17. The van der Waals surface area contributed by atoms with Gasteiger partial charge in [-0.3, -0.25) is 4.90 Å². The van der Waals surface area contributed by atoms with Crippen LogP contribution in [0, 0.1) is 0 Å². The van der Waals surface area contributed by atoms with Crippen LogP contribution in [0.2, 0.25) is 4.34 Å². The molecule has 1 unspecified atom stereocenters. The summed E-state index contributed by atoms with van der Waals surface area (Å²) in [4.78, 5) is 2.19. The van der Waals surface area contributed by atoms with E-state index in [1.807, 2.05) is 0 Å². The molecule has 0 aliphatic carbocycles. The van der Waals surface area contributed by atoms with E-state index in [2.05, 4.69) is 21.5 Å². The zero-order valence-electron chi connectivity index (χ0n) is 9.36. The van der Waals surface area contributed by atoms with Gasteiger partial charge >= 0.3 is 0 Å². The van der Waals surface area contributed by atoms with E-state index in [-0.39, 0.29) is 0 Å². The largest absolute Gasteiger partial charge is 0.377 e. The molecule has 90 valence electrons. The summed E-state index contributed by atoms with van der Waals surface area (Å²) < 4.78 is 10.2. The van der Waals surface area contributed by atoms with Crippen LogP contribution in [0.1, 0.15) is 25.0 Å². The second kappa shape index (κ2) is 5.91. The van der Waals surface area contributed by atoms with Crippen LogP contribution in [-0.2, 0) is 11.3 Å². The van der Waals surface area contributed by atoms with Crippen LogP contribution < -0.4 is 0 Å². The highest BCUT2D eigenvalue weighted by molar-refractivity contribution is 7.10. The van der Waals surface area contributed by atoms with Gasteiger partial charge in [-0.25, -0.2) is 0 Å². The minimum Gasteiger partial charge on any atom is -0.377 e. The van der Waals surface area contributed by atoms with E-state index in [0.717, 1.165) is 31.8 Å². The number of hydrogen-bond donors (Lipinski definition) is 0. The lowest BCUT2D eigenvalue weighted by Crippen LogP contribution is -2.33. The smallest absolute Gasteiger partial charge is 0.138 e. The summed E-state index contributed by atoms with van der Waals surface area (Å²) in [5, 5.41) is 4.00. The van der Waals surface area contributed by atoms with E-state index in [1.165, 1.54) is 24.4 Å². The van der Waals surface area contributed by atoms with Gasteiger partial charge < -0.3 is 4.74 Å². The minimum absolute atomic E-state index is 0.365. The summed E-state index contributed by atoms with van der Waals surface area (Å²) in [5.41, 5.74) is 0.866. The first kappa shape index (κ1) is 12.2. The normalized spacial score (nSPS) is 21.6. The molecule has 1 aromatic rings. The zero-order valence-corrected chi connectivity index (χ0v) is 10.9. The van der Waals surface area contributed by atoms with Crippen molar-refractivity contribution in [3.05, 3.63) is 10.0 Å². The third kappa shape index (κ3) is 3.38. The molecule has 0 spiro atoms. The molecule has 1 aromatic heterocycles. The Morgan fingerprint density at radius 3 is 3.06 bits per heavy atom. The van der Waals surface area contributed by atoms with Gasteiger partial charge in [0.15, 0.2) is 0 Å². The summed E-state index contributed by atoms with van der Waals surface area (Å²) in [6.07, 6.45) is 4.00. The van der Waals surface area contributed by atoms with Gasteiger partial charge in [-0.15, -0.1) is 5.10 Å². The monoisotopic (exact) mass is 261 g/mol. The van der Waals surface area contributed by atoms with Crippen LogP contribution in [-0.4, -0.2) is 40.8 Å². The van der Waals surface area contributed by atoms with Crippen LogP contribution in [0.15, 0.2) is 0 Å². The van der Waals surface area contributed by atoms with Gasteiger partial charge in [-0.2, -0.15) is 0 Å². The second-order valence-electron chi connectivity index (χ2n) is 4.18. The average molecular weight is 262 g/mol. The standard InChI is InChI=1S/C10H16ClN3OS/c1-14(6-8-4-2-3-5-15-8)7-9-10(11)16-13-12-9/h8H,2-7H2,1H3. The van der Waals surface area contributed by atoms with Crippen LogP contribution >= 0.6 is 23.1 Å². The fourth-order valence-electron chi connectivity index (χ4n) is 1.91. The first-order valence-corrected chi connectivity index (χ1v) is 6.67. The molecular formula is C10H16ClN3OS. The number of nitrogens with zero attached hydrogens (tertiary/aromatic N) is 3. The number of hydrogen-bond acceptors (Lipinski definition) is 5. The lowest BCUT2D eigenvalue weighted by atomic mass is 10.1. The van der Waals surface area contributed by atoms with Gasteiger partial charge in [-0.1, -0.05) is 16.1 Å². The molecule has 0 aromatic carbocycles. The van der Waals surface area contributed by atoms with Gasteiger partial charge in [0.25, 0.3) is 0 Å². The lowest BCUT2D eigenvalue weighted by molar-refractivity contribution is -0.00274. The van der Waals surface area contributed by atoms with E-state index in [4.69, 9.17) is 16.3 Å². The molecular weight excluding hydrogens is 246 g/mol. The van der Waals surface area contributed by atoms with E-state index in [0.29, 0.717) is 10.4 Å². The summed E-state index contributed by atoms with van der Waals surface area (Å²) >= 11 is 7.20. The zero-order chi connectivity index (χ0) is 11.4. The minimum atomic E-state index is 0.365. The molecule has 0 radical (unpaired) electrons. The van der Waals surface area contributed by atoms with Crippen molar-refractivity contribution in [1.29, 1.82) is 0 Å². The van der Waals surface area contributed by atoms with Crippen molar-refractivity contribution in [1.82, 2.24) is 14.5 Å². The Bertz CT molecular complexity index is 328. The van der Waals surface area contributed by atoms with Crippen molar-refractivity contribution in [3.8, 4) is 0 Å². The van der Waals surface area contributed by atoms with Crippen LogP contribution in [0.4, 0.5) is 0 Å². The molecule has 0 N–H and O–H groups in total. The third-order valence-electron chi connectivity index (χ3n) is 2.72. The Morgan fingerprint density at radius 2 is 2.44 bits per heavy atom. The topological polar surface area (TPSA) is 38.2 Å². The van der Waals surface area contributed by atoms with Crippen LogP contribution in [0.5, 0.6) is 0 Å². The fraction of sp³-hybridized carbons (Fsp3) is 0.800. The molecule has 0 saturated carbocycles. The highest BCUT2D eigenvalue weighted by atomic mass is 35.5. The van der Waals surface area contributed by atoms with E-state index >= 15 is 0 Å². The summed E-state index contributed by atoms with van der Waals surface area (Å²) in [6, 6.07) is 0. The first-order chi connectivity index (χ1) is 7.75. The lowest BCUT2D eigenvalue weighted by Gasteiger charge is -2.26. The number of aromatic nitrogens is 2. The molecule has 1 aliphatic heterocycles. The Kier molecular flexibility index (Phi) is 4.52. The van der Waals surface area contributed by atoms with Gasteiger partial charge in [0.1, 0.15) is 10.0 Å². The molecule has 6 heteroatoms. The van der Waals surface area contributed by atoms with Gasteiger partial charge in [0.2, 0.25) is 0 Å². The Hall–Kier alpha value is -0.230. The molecule has 0 amide bonds. The van der Waals surface area contributed by atoms with Crippen molar-refractivity contribution in [2.24, 2.45) is 0 Å². The molecule has 4 nitrogen and oxygen atoms in total. The molecule has 0 bridgehead atoms. The van der Waals surface area contributed by atoms with Gasteiger partial charge in [0.05, 0.1) is 6.10 Å². The summed E-state index contributed by atoms with van der Waals surface area (Å²) in [7, 11) is 2.06. The predicted octanol–water partition coefficient (Wildman–Crippen LogP) is 2.19. The molecule has 1 aliphatic rings. The third-order valence-corrected chi connectivity index (χ3v) is 3.70. The number of ether oxygens (including phenoxy) is 1. The summed E-state index contributed by atoms with van der Waals surface area (Å²) in [6.45, 7) is 2.58.